The lowest BCUT2D eigenvalue weighted by Gasteiger charge is -2.23. The maximum Gasteiger partial charge on any atom is 0.263 e. The summed E-state index contributed by atoms with van der Waals surface area (Å²) in [4.78, 5) is 18.9. The van der Waals surface area contributed by atoms with Crippen LogP contribution in [-0.2, 0) is 10.0 Å². The lowest BCUT2D eigenvalue weighted by molar-refractivity contribution is 0.0678. The van der Waals surface area contributed by atoms with Gasteiger partial charge in [-0.15, -0.1) is 0 Å². The number of anilines is 1. The Morgan fingerprint density at radius 1 is 1.30 bits per heavy atom. The number of methoxy groups -OCH3 is 1. The molecule has 1 atom stereocenters. The van der Waals surface area contributed by atoms with Crippen LogP contribution in [0.1, 0.15) is 23.2 Å². The van der Waals surface area contributed by atoms with Crippen molar-refractivity contribution in [1.29, 1.82) is 0 Å². The Balaban J connectivity index is 1.57. The molecule has 1 aromatic heterocycles. The van der Waals surface area contributed by atoms with E-state index in [1.54, 1.807) is 35.2 Å². The number of nitrogens with one attached hydrogen (secondary N) is 1. The third-order valence-corrected chi connectivity index (χ3v) is 7.49. The van der Waals surface area contributed by atoms with Crippen LogP contribution < -0.4 is 9.46 Å². The SMILES string of the molecule is COc1ccc(S(=O)(=O)Nc2nc3ccc(C(=O)N4CCC[C@@H]4CO)cc3s2)cc1. The van der Waals surface area contributed by atoms with E-state index in [9.17, 15) is 18.3 Å². The highest BCUT2D eigenvalue weighted by Crippen LogP contribution is 2.30. The van der Waals surface area contributed by atoms with Gasteiger partial charge in [0, 0.05) is 12.1 Å². The molecule has 1 saturated heterocycles. The molecule has 30 heavy (non-hydrogen) atoms. The van der Waals surface area contributed by atoms with E-state index in [0.29, 0.717) is 28.1 Å². The average Bonchev–Trinajstić information content (AvgIpc) is 3.38. The zero-order valence-electron chi connectivity index (χ0n) is 16.2. The third-order valence-electron chi connectivity index (χ3n) is 5.08. The number of thiazole rings is 1. The number of aliphatic hydroxyl groups excluding tert-OH is 1. The first-order valence-corrected chi connectivity index (χ1v) is 11.7. The Morgan fingerprint density at radius 2 is 2.07 bits per heavy atom. The molecule has 0 unspecified atom stereocenters. The highest BCUT2D eigenvalue weighted by Gasteiger charge is 2.29. The van der Waals surface area contributed by atoms with Gasteiger partial charge in [0.05, 0.1) is 34.9 Å². The number of sulfonamides is 1. The molecule has 1 aliphatic rings. The Morgan fingerprint density at radius 3 is 2.77 bits per heavy atom. The van der Waals surface area contributed by atoms with Crippen LogP contribution in [0.5, 0.6) is 5.75 Å². The number of hydrogen-bond acceptors (Lipinski definition) is 7. The molecule has 1 aliphatic heterocycles. The van der Waals surface area contributed by atoms with Crippen molar-refractivity contribution in [1.82, 2.24) is 9.88 Å². The number of rotatable bonds is 6. The molecule has 2 N–H and O–H groups in total. The quantitative estimate of drug-likeness (QED) is 0.601. The third kappa shape index (κ3) is 3.98. The molecule has 2 heterocycles. The fourth-order valence-electron chi connectivity index (χ4n) is 3.49. The van der Waals surface area contributed by atoms with E-state index in [2.05, 4.69) is 9.71 Å². The number of carbonyl (C=O) groups is 1. The number of benzene rings is 2. The molecule has 2 aromatic carbocycles. The number of carbonyl (C=O) groups excluding carboxylic acids is 1. The van der Waals surface area contributed by atoms with Crippen molar-refractivity contribution in [2.45, 2.75) is 23.8 Å². The monoisotopic (exact) mass is 447 g/mol. The second-order valence-electron chi connectivity index (χ2n) is 6.96. The number of hydrogen-bond donors (Lipinski definition) is 2. The predicted octanol–water partition coefficient (Wildman–Crippen LogP) is 2.70. The zero-order valence-corrected chi connectivity index (χ0v) is 17.9. The van der Waals surface area contributed by atoms with Crippen LogP contribution in [0, 0.1) is 0 Å². The van der Waals surface area contributed by atoms with Crippen LogP contribution in [0.15, 0.2) is 47.4 Å². The normalized spacial score (nSPS) is 16.7. The van der Waals surface area contributed by atoms with Gasteiger partial charge in [-0.3, -0.25) is 9.52 Å². The van der Waals surface area contributed by atoms with Crippen molar-refractivity contribution in [2.24, 2.45) is 0 Å². The van der Waals surface area contributed by atoms with E-state index in [1.165, 1.54) is 19.2 Å². The Kier molecular flexibility index (Phi) is 5.63. The van der Waals surface area contributed by atoms with Crippen molar-refractivity contribution < 1.29 is 23.1 Å². The van der Waals surface area contributed by atoms with Crippen molar-refractivity contribution in [3.63, 3.8) is 0 Å². The van der Waals surface area contributed by atoms with Gasteiger partial charge in [0.1, 0.15) is 5.75 Å². The van der Waals surface area contributed by atoms with E-state index in [0.717, 1.165) is 24.2 Å². The van der Waals surface area contributed by atoms with Gasteiger partial charge >= 0.3 is 0 Å². The maximum absolute atomic E-state index is 12.8. The van der Waals surface area contributed by atoms with Crippen molar-refractivity contribution >= 4 is 42.6 Å². The van der Waals surface area contributed by atoms with E-state index in [1.807, 2.05) is 0 Å². The fraction of sp³-hybridized carbons (Fsp3) is 0.300. The van der Waals surface area contributed by atoms with Gasteiger partial charge in [-0.1, -0.05) is 11.3 Å². The summed E-state index contributed by atoms with van der Waals surface area (Å²) in [6.07, 6.45) is 1.67. The smallest absolute Gasteiger partial charge is 0.263 e. The molecule has 0 aliphatic carbocycles. The summed E-state index contributed by atoms with van der Waals surface area (Å²) in [6.45, 7) is 0.573. The van der Waals surface area contributed by atoms with Gasteiger partial charge in [0.25, 0.3) is 15.9 Å². The van der Waals surface area contributed by atoms with Gasteiger partial charge in [0.2, 0.25) is 0 Å². The molecule has 4 rings (SSSR count). The van der Waals surface area contributed by atoms with E-state index < -0.39 is 10.0 Å². The second kappa shape index (κ2) is 8.21. The molecule has 0 spiro atoms. The van der Waals surface area contributed by atoms with Gasteiger partial charge in [-0.25, -0.2) is 13.4 Å². The molecule has 1 fully saturated rings. The van der Waals surface area contributed by atoms with E-state index in [-0.39, 0.29) is 28.6 Å². The van der Waals surface area contributed by atoms with Gasteiger partial charge in [-0.05, 0) is 55.3 Å². The fourth-order valence-corrected chi connectivity index (χ4v) is 5.63. The van der Waals surface area contributed by atoms with Crippen molar-refractivity contribution in [3.8, 4) is 5.75 Å². The summed E-state index contributed by atoms with van der Waals surface area (Å²) in [5.74, 6) is 0.426. The molecular weight excluding hydrogens is 426 g/mol. The van der Waals surface area contributed by atoms with Crippen LogP contribution in [0.3, 0.4) is 0 Å². The first-order chi connectivity index (χ1) is 14.4. The van der Waals surface area contributed by atoms with Crippen molar-refractivity contribution in [2.75, 3.05) is 25.0 Å². The first kappa shape index (κ1) is 20.6. The summed E-state index contributed by atoms with van der Waals surface area (Å²) < 4.78 is 33.5. The highest BCUT2D eigenvalue weighted by molar-refractivity contribution is 7.93. The number of aliphatic hydroxyl groups is 1. The average molecular weight is 448 g/mol. The number of likely N-dealkylation sites (tertiary alicyclic amines) is 1. The van der Waals surface area contributed by atoms with Crippen LogP contribution in [0.4, 0.5) is 5.13 Å². The number of nitrogens with zero attached hydrogens (tertiary/aromatic N) is 2. The lowest BCUT2D eigenvalue weighted by atomic mass is 10.1. The number of amides is 1. The van der Waals surface area contributed by atoms with Crippen LogP contribution in [0.2, 0.25) is 0 Å². The Hall–Kier alpha value is -2.69. The standard InChI is InChI=1S/C20H21N3O5S2/c1-28-15-5-7-16(8-6-15)30(26,27)22-20-21-17-9-4-13(11-18(17)29-20)19(25)23-10-2-3-14(23)12-24/h4-9,11,14,24H,2-3,10,12H2,1H3,(H,21,22)/t14-/m1/s1. The molecular formula is C20H21N3O5S2. The topological polar surface area (TPSA) is 109 Å². The number of fused-ring (bicyclic) bond motifs is 1. The van der Waals surface area contributed by atoms with Crippen LogP contribution >= 0.6 is 11.3 Å². The van der Waals surface area contributed by atoms with Crippen LogP contribution in [0.25, 0.3) is 10.2 Å². The summed E-state index contributed by atoms with van der Waals surface area (Å²) in [5, 5.41) is 9.69. The minimum atomic E-state index is -3.80. The molecule has 3 aromatic rings. The molecule has 8 nitrogen and oxygen atoms in total. The molecule has 0 radical (unpaired) electrons. The minimum Gasteiger partial charge on any atom is -0.497 e. The van der Waals surface area contributed by atoms with E-state index >= 15 is 0 Å². The summed E-state index contributed by atoms with van der Waals surface area (Å²) in [5.41, 5.74) is 1.10. The van der Waals surface area contributed by atoms with E-state index in [4.69, 9.17) is 4.74 Å². The largest absolute Gasteiger partial charge is 0.497 e. The highest BCUT2D eigenvalue weighted by atomic mass is 32.2. The Labute approximate surface area is 178 Å². The lowest BCUT2D eigenvalue weighted by Crippen LogP contribution is -2.37. The summed E-state index contributed by atoms with van der Waals surface area (Å²) in [7, 11) is -2.29. The molecule has 0 saturated carbocycles. The minimum absolute atomic E-state index is 0.0498. The predicted molar refractivity (Wildman–Crippen MR) is 115 cm³/mol. The van der Waals surface area contributed by atoms with Crippen LogP contribution in [-0.4, -0.2) is 55.6 Å². The molecule has 0 bridgehead atoms. The summed E-state index contributed by atoms with van der Waals surface area (Å²) >= 11 is 1.16. The molecule has 158 valence electrons. The Bertz CT molecular complexity index is 1170. The van der Waals surface area contributed by atoms with Gasteiger partial charge in [0.15, 0.2) is 5.13 Å². The molecule has 10 heteroatoms. The summed E-state index contributed by atoms with van der Waals surface area (Å²) in [6, 6.07) is 11.0. The van der Waals surface area contributed by atoms with Crippen molar-refractivity contribution in [3.05, 3.63) is 48.0 Å². The van der Waals surface area contributed by atoms with Gasteiger partial charge < -0.3 is 14.7 Å². The number of aromatic nitrogens is 1. The zero-order chi connectivity index (χ0) is 21.3. The number of ether oxygens (including phenoxy) is 1. The first-order valence-electron chi connectivity index (χ1n) is 9.40. The maximum atomic E-state index is 12.8. The second-order valence-corrected chi connectivity index (χ2v) is 9.67. The van der Waals surface area contributed by atoms with Gasteiger partial charge in [-0.2, -0.15) is 0 Å². The molecule has 1 amide bonds.